The molecule has 4 aromatic rings. The van der Waals surface area contributed by atoms with Crippen molar-refractivity contribution in [2.24, 2.45) is 0 Å². The molecule has 0 saturated carbocycles. The van der Waals surface area contributed by atoms with E-state index in [4.69, 9.17) is 14.0 Å². The van der Waals surface area contributed by atoms with Crippen LogP contribution in [0.2, 0.25) is 0 Å². The normalized spacial score (nSPS) is 16.0. The summed E-state index contributed by atoms with van der Waals surface area (Å²) in [5.41, 5.74) is 3.44. The summed E-state index contributed by atoms with van der Waals surface area (Å²) < 4.78 is 17.1. The van der Waals surface area contributed by atoms with Crippen LogP contribution in [0, 0.1) is 6.92 Å². The smallest absolute Gasteiger partial charge is 0.416 e. The lowest BCUT2D eigenvalue weighted by atomic mass is 9.91. The predicted molar refractivity (Wildman–Crippen MR) is 140 cm³/mol. The predicted octanol–water partition coefficient (Wildman–Crippen LogP) is 5.89. The molecule has 2 aromatic carbocycles. The van der Waals surface area contributed by atoms with Crippen LogP contribution in [0.5, 0.6) is 5.75 Å². The molecule has 37 heavy (non-hydrogen) atoms. The minimum absolute atomic E-state index is 0.0429. The monoisotopic (exact) mass is 581 g/mol. The number of aromatic nitrogens is 2. The van der Waals surface area contributed by atoms with Crippen LogP contribution in [-0.4, -0.2) is 39.7 Å². The number of cyclic esters (lactones) is 1. The van der Waals surface area contributed by atoms with Gasteiger partial charge in [-0.05, 0) is 52.5 Å². The number of imide groups is 1. The number of aryl methyl sites for hydroxylation is 1. The molecule has 1 fully saturated rings. The minimum atomic E-state index is -0.612. The molecule has 1 aliphatic rings. The molecule has 10 heteroatoms. The summed E-state index contributed by atoms with van der Waals surface area (Å²) in [6, 6.07) is 18.7. The Bertz CT molecular complexity index is 1360. The van der Waals surface area contributed by atoms with Crippen LogP contribution < -0.4 is 4.74 Å². The van der Waals surface area contributed by atoms with E-state index in [1.807, 2.05) is 61.5 Å². The molecule has 1 aliphatic heterocycles. The number of hydrogen-bond donors (Lipinski definition) is 0. The van der Waals surface area contributed by atoms with Crippen molar-refractivity contribution in [3.8, 4) is 5.75 Å². The number of hydrogen-bond acceptors (Lipinski definition) is 8. The molecule has 3 heterocycles. The molecule has 1 saturated heterocycles. The Labute approximate surface area is 226 Å². The third-order valence-electron chi connectivity index (χ3n) is 6.26. The largest absolute Gasteiger partial charge is 0.488 e. The number of halogens is 1. The SMILES string of the molecule is Cc1nc(Br)sc1COc1ccc(C(CC(=O)N2C(=O)OCC2Cc2ccccc2)c2ccon2)cc1. The molecule has 2 amide bonds. The van der Waals surface area contributed by atoms with E-state index >= 15 is 0 Å². The maximum atomic E-state index is 13.4. The maximum absolute atomic E-state index is 13.4. The van der Waals surface area contributed by atoms with Crippen LogP contribution >= 0.6 is 27.3 Å². The number of carbonyl (C=O) groups excluding carboxylic acids is 2. The lowest BCUT2D eigenvalue weighted by Crippen LogP contribution is -2.40. The molecular formula is C27H24BrN3O5S. The highest BCUT2D eigenvalue weighted by Crippen LogP contribution is 2.31. The van der Waals surface area contributed by atoms with E-state index in [-0.39, 0.29) is 25.0 Å². The molecule has 0 radical (unpaired) electrons. The summed E-state index contributed by atoms with van der Waals surface area (Å²) in [6.45, 7) is 2.54. The average molecular weight is 582 g/mol. The first kappa shape index (κ1) is 25.2. The van der Waals surface area contributed by atoms with Crippen LogP contribution in [0.4, 0.5) is 4.79 Å². The summed E-state index contributed by atoms with van der Waals surface area (Å²) >= 11 is 4.94. The molecule has 0 aliphatic carbocycles. The molecule has 2 atom stereocenters. The average Bonchev–Trinajstić information content (AvgIpc) is 3.63. The molecule has 5 rings (SSSR count). The van der Waals surface area contributed by atoms with Gasteiger partial charge < -0.3 is 14.0 Å². The number of carbonyl (C=O) groups is 2. The fourth-order valence-electron chi connectivity index (χ4n) is 4.34. The topological polar surface area (TPSA) is 94.8 Å². The Morgan fingerprint density at radius 2 is 1.97 bits per heavy atom. The van der Waals surface area contributed by atoms with Crippen molar-refractivity contribution in [2.75, 3.05) is 6.61 Å². The number of rotatable bonds is 9. The van der Waals surface area contributed by atoms with Crippen molar-refractivity contribution in [3.05, 3.63) is 98.2 Å². The fourth-order valence-corrected chi connectivity index (χ4v) is 5.89. The van der Waals surface area contributed by atoms with E-state index in [9.17, 15) is 9.59 Å². The molecule has 8 nitrogen and oxygen atoms in total. The Morgan fingerprint density at radius 1 is 1.19 bits per heavy atom. The summed E-state index contributed by atoms with van der Waals surface area (Å²) in [6.07, 6.45) is 1.44. The standard InChI is InChI=1S/C27H24BrN3O5S/c1-17-24(37-26(28)29-17)16-34-21-9-7-19(8-10-21)22(23-11-12-36-30-23)14-25(32)31-20(15-35-27(31)33)13-18-5-3-2-4-6-18/h2-12,20,22H,13-16H2,1H3. The molecular weight excluding hydrogens is 558 g/mol. The van der Waals surface area contributed by atoms with Crippen LogP contribution in [0.15, 0.2) is 75.4 Å². The maximum Gasteiger partial charge on any atom is 0.416 e. The second-order valence-corrected chi connectivity index (χ2v) is 11.1. The van der Waals surface area contributed by atoms with Gasteiger partial charge in [-0.1, -0.05) is 47.6 Å². The zero-order chi connectivity index (χ0) is 25.8. The Kier molecular flexibility index (Phi) is 7.66. The fraction of sp³-hybridized carbons (Fsp3) is 0.259. The van der Waals surface area contributed by atoms with Gasteiger partial charge in [0, 0.05) is 18.4 Å². The van der Waals surface area contributed by atoms with Crippen LogP contribution in [-0.2, 0) is 22.6 Å². The first-order valence-corrected chi connectivity index (χ1v) is 13.4. The summed E-state index contributed by atoms with van der Waals surface area (Å²) in [5.74, 6) is -0.0160. The van der Waals surface area contributed by atoms with Gasteiger partial charge in [0.1, 0.15) is 25.2 Å². The molecule has 2 unspecified atom stereocenters. The zero-order valence-corrected chi connectivity index (χ0v) is 22.4. The quantitative estimate of drug-likeness (QED) is 0.243. The number of ether oxygens (including phenoxy) is 2. The third-order valence-corrected chi connectivity index (χ3v) is 7.84. The summed E-state index contributed by atoms with van der Waals surface area (Å²) in [7, 11) is 0. The van der Waals surface area contributed by atoms with Crippen molar-refractivity contribution in [2.45, 2.75) is 38.3 Å². The highest BCUT2D eigenvalue weighted by atomic mass is 79.9. The van der Waals surface area contributed by atoms with E-state index in [1.54, 1.807) is 17.4 Å². The van der Waals surface area contributed by atoms with Crippen molar-refractivity contribution < 1.29 is 23.6 Å². The van der Waals surface area contributed by atoms with Gasteiger partial charge in [0.15, 0.2) is 3.92 Å². The van der Waals surface area contributed by atoms with Gasteiger partial charge in [-0.3, -0.25) is 4.79 Å². The van der Waals surface area contributed by atoms with Gasteiger partial charge >= 0.3 is 6.09 Å². The highest BCUT2D eigenvalue weighted by molar-refractivity contribution is 9.11. The molecule has 0 bridgehead atoms. The Morgan fingerprint density at radius 3 is 2.65 bits per heavy atom. The molecule has 190 valence electrons. The molecule has 0 N–H and O–H groups in total. The first-order chi connectivity index (χ1) is 18.0. The first-order valence-electron chi connectivity index (χ1n) is 11.8. The number of amides is 2. The summed E-state index contributed by atoms with van der Waals surface area (Å²) in [5, 5.41) is 4.09. The van der Waals surface area contributed by atoms with Crippen molar-refractivity contribution in [1.29, 1.82) is 0 Å². The van der Waals surface area contributed by atoms with E-state index in [0.29, 0.717) is 24.5 Å². The van der Waals surface area contributed by atoms with Crippen LogP contribution in [0.3, 0.4) is 0 Å². The second kappa shape index (κ2) is 11.3. The van der Waals surface area contributed by atoms with Crippen molar-refractivity contribution in [1.82, 2.24) is 15.0 Å². The van der Waals surface area contributed by atoms with Gasteiger partial charge in [0.25, 0.3) is 0 Å². The number of nitrogens with zero attached hydrogens (tertiary/aromatic N) is 3. The molecule has 2 aromatic heterocycles. The van der Waals surface area contributed by atoms with E-state index in [2.05, 4.69) is 26.1 Å². The lowest BCUT2D eigenvalue weighted by molar-refractivity contribution is -0.129. The highest BCUT2D eigenvalue weighted by Gasteiger charge is 2.39. The van der Waals surface area contributed by atoms with Crippen molar-refractivity contribution in [3.63, 3.8) is 0 Å². The van der Waals surface area contributed by atoms with E-state index in [1.165, 1.54) is 11.2 Å². The summed E-state index contributed by atoms with van der Waals surface area (Å²) in [4.78, 5) is 32.6. The third kappa shape index (κ3) is 5.91. The van der Waals surface area contributed by atoms with Gasteiger partial charge in [-0.2, -0.15) is 0 Å². The second-order valence-electron chi connectivity index (χ2n) is 8.70. The van der Waals surface area contributed by atoms with E-state index < -0.39 is 12.0 Å². The zero-order valence-electron chi connectivity index (χ0n) is 20.0. The molecule has 0 spiro atoms. The Hall–Kier alpha value is -3.50. The van der Waals surface area contributed by atoms with E-state index in [0.717, 1.165) is 25.6 Å². The van der Waals surface area contributed by atoms with Gasteiger partial charge in [0.05, 0.1) is 22.3 Å². The van der Waals surface area contributed by atoms with Gasteiger partial charge in [0.2, 0.25) is 5.91 Å². The minimum Gasteiger partial charge on any atom is -0.488 e. The van der Waals surface area contributed by atoms with Crippen molar-refractivity contribution >= 4 is 39.3 Å². The van der Waals surface area contributed by atoms with Crippen LogP contribution in [0.25, 0.3) is 0 Å². The lowest BCUT2D eigenvalue weighted by Gasteiger charge is -2.22. The van der Waals surface area contributed by atoms with Crippen LogP contribution in [0.1, 0.15) is 39.7 Å². The van der Waals surface area contributed by atoms with Gasteiger partial charge in [-0.25, -0.2) is 14.7 Å². The number of benzene rings is 2. The van der Waals surface area contributed by atoms with Gasteiger partial charge in [-0.15, -0.1) is 11.3 Å². The number of thiazole rings is 1. The Balaban J connectivity index is 1.30.